The van der Waals surface area contributed by atoms with Crippen LogP contribution in [-0.4, -0.2) is 28.9 Å². The molecule has 1 aromatic heterocycles. The van der Waals surface area contributed by atoms with Crippen LogP contribution in [0.2, 0.25) is 0 Å². The van der Waals surface area contributed by atoms with E-state index in [2.05, 4.69) is 34.2 Å². The van der Waals surface area contributed by atoms with E-state index in [1.54, 1.807) is 6.21 Å². The van der Waals surface area contributed by atoms with Crippen LogP contribution in [0.5, 0.6) is 0 Å². The predicted octanol–water partition coefficient (Wildman–Crippen LogP) is 8.28. The molecule has 6 rings (SSSR count). The first-order valence-corrected chi connectivity index (χ1v) is 13.0. The van der Waals surface area contributed by atoms with Crippen LogP contribution in [0.4, 0.5) is 24.5 Å². The minimum Gasteiger partial charge on any atom is -0.370 e. The zero-order chi connectivity index (χ0) is 27.0. The number of rotatable bonds is 5. The molecule has 1 aliphatic rings. The van der Waals surface area contributed by atoms with Gasteiger partial charge in [0.25, 0.3) is 0 Å². The Morgan fingerprint density at radius 1 is 0.795 bits per heavy atom. The van der Waals surface area contributed by atoms with Crippen molar-refractivity contribution >= 4 is 28.6 Å². The van der Waals surface area contributed by atoms with Crippen molar-refractivity contribution in [3.8, 4) is 22.3 Å². The van der Waals surface area contributed by atoms with Crippen LogP contribution in [0, 0.1) is 0 Å². The molecule has 7 heteroatoms. The summed E-state index contributed by atoms with van der Waals surface area (Å²) in [6, 6.07) is 28.1. The third kappa shape index (κ3) is 4.80. The van der Waals surface area contributed by atoms with Crippen LogP contribution in [0.1, 0.15) is 24.2 Å². The fourth-order valence-electron chi connectivity index (χ4n) is 5.31. The lowest BCUT2D eigenvalue weighted by Crippen LogP contribution is -2.18. The highest BCUT2D eigenvalue weighted by molar-refractivity contribution is 6.03. The molecule has 0 N–H and O–H groups in total. The summed E-state index contributed by atoms with van der Waals surface area (Å²) >= 11 is 0. The topological polar surface area (TPSA) is 33.4 Å². The lowest BCUT2D eigenvalue weighted by molar-refractivity contribution is -0.137. The van der Waals surface area contributed by atoms with Crippen molar-refractivity contribution in [2.24, 2.45) is 12.0 Å². The molecular weight excluding hydrogens is 497 g/mol. The predicted molar refractivity (Wildman–Crippen MR) is 152 cm³/mol. The minimum absolute atomic E-state index is 0.297. The Balaban J connectivity index is 1.51. The first-order chi connectivity index (χ1) is 18.9. The highest BCUT2D eigenvalue weighted by atomic mass is 19.4. The van der Waals surface area contributed by atoms with Crippen molar-refractivity contribution in [2.75, 3.05) is 18.0 Å². The van der Waals surface area contributed by atoms with Gasteiger partial charge in [0.15, 0.2) is 5.82 Å². The monoisotopic (exact) mass is 524 g/mol. The highest BCUT2D eigenvalue weighted by Crippen LogP contribution is 2.39. The number of benzene rings is 4. The molecule has 1 saturated heterocycles. The highest BCUT2D eigenvalue weighted by Gasteiger charge is 2.31. The standard InChI is InChI=1S/C32H27F3N4/c1-38-29(21-36-27-20-24(32(33,34)35)14-17-28(27)39-18-8-9-19-39)37-30-25(22-10-4-2-5-11-22)15-16-26(31(30)38)23-12-6-3-7-13-23/h2-7,10-17,20-21H,8-9,18-19H2,1H3. The van der Waals surface area contributed by atoms with Gasteiger partial charge in [-0.1, -0.05) is 72.8 Å². The summed E-state index contributed by atoms with van der Waals surface area (Å²) in [5.74, 6) is 0.565. The Morgan fingerprint density at radius 3 is 2.05 bits per heavy atom. The number of hydrogen-bond acceptors (Lipinski definition) is 3. The summed E-state index contributed by atoms with van der Waals surface area (Å²) in [4.78, 5) is 11.7. The number of nitrogens with zero attached hydrogens (tertiary/aromatic N) is 4. The zero-order valence-electron chi connectivity index (χ0n) is 21.5. The molecule has 0 radical (unpaired) electrons. The average Bonchev–Trinajstić information content (AvgIpc) is 3.60. The Bertz CT molecular complexity index is 1650. The van der Waals surface area contributed by atoms with Crippen molar-refractivity contribution in [1.29, 1.82) is 0 Å². The number of fused-ring (bicyclic) bond motifs is 1. The lowest BCUT2D eigenvalue weighted by Gasteiger charge is -2.20. The van der Waals surface area contributed by atoms with Crippen molar-refractivity contribution in [1.82, 2.24) is 9.55 Å². The fourth-order valence-corrected chi connectivity index (χ4v) is 5.31. The second kappa shape index (κ2) is 10.1. The van der Waals surface area contributed by atoms with E-state index in [1.165, 1.54) is 6.07 Å². The second-order valence-corrected chi connectivity index (χ2v) is 9.77. The number of aryl methyl sites for hydroxylation is 1. The van der Waals surface area contributed by atoms with E-state index in [9.17, 15) is 13.2 Å². The van der Waals surface area contributed by atoms with E-state index in [1.807, 2.05) is 60.1 Å². The number of aromatic nitrogens is 2. The Kier molecular flexibility index (Phi) is 6.43. The van der Waals surface area contributed by atoms with E-state index in [4.69, 9.17) is 4.98 Å². The normalized spacial score (nSPS) is 14.1. The maximum Gasteiger partial charge on any atom is 0.416 e. The fraction of sp³-hybridized carbons (Fsp3) is 0.188. The van der Waals surface area contributed by atoms with E-state index in [0.717, 1.165) is 71.4 Å². The maximum atomic E-state index is 13.6. The van der Waals surface area contributed by atoms with Gasteiger partial charge in [0.1, 0.15) is 0 Å². The van der Waals surface area contributed by atoms with E-state index in [-0.39, 0.29) is 0 Å². The Hall–Kier alpha value is -4.39. The van der Waals surface area contributed by atoms with Gasteiger partial charge in [-0.3, -0.25) is 4.99 Å². The van der Waals surface area contributed by atoms with Crippen LogP contribution < -0.4 is 4.90 Å². The van der Waals surface area contributed by atoms with Crippen molar-refractivity contribution in [2.45, 2.75) is 19.0 Å². The molecule has 0 aliphatic carbocycles. The Morgan fingerprint density at radius 2 is 1.41 bits per heavy atom. The molecule has 1 fully saturated rings. The van der Waals surface area contributed by atoms with Gasteiger partial charge in [-0.05, 0) is 42.2 Å². The van der Waals surface area contributed by atoms with Gasteiger partial charge >= 0.3 is 6.18 Å². The number of anilines is 1. The van der Waals surface area contributed by atoms with Gasteiger partial charge in [-0.25, -0.2) is 4.98 Å². The number of alkyl halides is 3. The molecule has 4 nitrogen and oxygen atoms in total. The van der Waals surface area contributed by atoms with Crippen molar-refractivity contribution in [3.63, 3.8) is 0 Å². The van der Waals surface area contributed by atoms with Crippen LogP contribution in [0.15, 0.2) is 96.0 Å². The number of imidazole rings is 1. The average molecular weight is 525 g/mol. The van der Waals surface area contributed by atoms with Crippen LogP contribution in [0.3, 0.4) is 0 Å². The van der Waals surface area contributed by atoms with Crippen molar-refractivity contribution < 1.29 is 13.2 Å². The number of aliphatic imine (C=N–C) groups is 1. The molecule has 2 heterocycles. The Labute approximate surface area is 225 Å². The molecule has 0 bridgehead atoms. The minimum atomic E-state index is -4.44. The molecule has 0 atom stereocenters. The summed E-state index contributed by atoms with van der Waals surface area (Å²) in [5.41, 5.74) is 6.16. The summed E-state index contributed by atoms with van der Waals surface area (Å²) in [6.07, 6.45) is -0.835. The third-order valence-corrected chi connectivity index (χ3v) is 7.29. The molecule has 0 unspecified atom stereocenters. The van der Waals surface area contributed by atoms with E-state index < -0.39 is 11.7 Å². The molecular formula is C32H27F3N4. The van der Waals surface area contributed by atoms with E-state index in [0.29, 0.717) is 17.2 Å². The molecule has 39 heavy (non-hydrogen) atoms. The first kappa shape index (κ1) is 24.9. The van der Waals surface area contributed by atoms with Gasteiger partial charge in [-0.2, -0.15) is 13.2 Å². The molecule has 0 saturated carbocycles. The molecule has 0 amide bonds. The van der Waals surface area contributed by atoms with Gasteiger partial charge in [-0.15, -0.1) is 0 Å². The lowest BCUT2D eigenvalue weighted by atomic mass is 9.98. The van der Waals surface area contributed by atoms with Crippen LogP contribution >= 0.6 is 0 Å². The van der Waals surface area contributed by atoms with Gasteiger partial charge in [0.05, 0.1) is 34.2 Å². The molecule has 196 valence electrons. The van der Waals surface area contributed by atoms with Crippen molar-refractivity contribution in [3.05, 3.63) is 102 Å². The van der Waals surface area contributed by atoms with E-state index >= 15 is 0 Å². The van der Waals surface area contributed by atoms with Crippen LogP contribution in [0.25, 0.3) is 33.3 Å². The summed E-state index contributed by atoms with van der Waals surface area (Å²) < 4.78 is 42.7. The van der Waals surface area contributed by atoms with Gasteiger partial charge in [0.2, 0.25) is 0 Å². The molecule has 4 aromatic carbocycles. The smallest absolute Gasteiger partial charge is 0.370 e. The summed E-state index contributed by atoms with van der Waals surface area (Å²) in [7, 11) is 1.92. The van der Waals surface area contributed by atoms with Crippen LogP contribution in [-0.2, 0) is 13.2 Å². The molecule has 5 aromatic rings. The number of halogens is 3. The second-order valence-electron chi connectivity index (χ2n) is 9.77. The maximum absolute atomic E-state index is 13.6. The zero-order valence-corrected chi connectivity index (χ0v) is 21.5. The largest absolute Gasteiger partial charge is 0.416 e. The van der Waals surface area contributed by atoms with Gasteiger partial charge < -0.3 is 9.47 Å². The summed E-state index contributed by atoms with van der Waals surface area (Å²) in [6.45, 7) is 1.61. The summed E-state index contributed by atoms with van der Waals surface area (Å²) in [5, 5.41) is 0. The quantitative estimate of drug-likeness (QED) is 0.217. The SMILES string of the molecule is Cn1c(C=Nc2cc(C(F)(F)F)ccc2N2CCCC2)nc2c(-c3ccccc3)ccc(-c3ccccc3)c21. The first-order valence-electron chi connectivity index (χ1n) is 13.0. The third-order valence-electron chi connectivity index (χ3n) is 7.29. The van der Waals surface area contributed by atoms with Gasteiger partial charge in [0, 0.05) is 31.3 Å². The molecule has 0 spiro atoms. The number of hydrogen-bond donors (Lipinski definition) is 0. The molecule has 1 aliphatic heterocycles.